The van der Waals surface area contributed by atoms with Gasteiger partial charge in [0.25, 0.3) is 5.91 Å². The fourth-order valence-corrected chi connectivity index (χ4v) is 4.28. The third-order valence-corrected chi connectivity index (χ3v) is 6.03. The predicted octanol–water partition coefficient (Wildman–Crippen LogP) is 1.20. The Morgan fingerprint density at radius 1 is 1.36 bits per heavy atom. The Morgan fingerprint density at radius 2 is 2.07 bits per heavy atom. The molecule has 0 bridgehead atoms. The number of hydrogen-bond acceptors (Lipinski definition) is 9. The van der Waals surface area contributed by atoms with E-state index in [4.69, 9.17) is 21.2 Å². The number of carbonyl (C=O) groups is 1. The molecule has 9 nitrogen and oxygen atoms in total. The van der Waals surface area contributed by atoms with Gasteiger partial charge in [-0.15, -0.1) is 11.3 Å². The van der Waals surface area contributed by atoms with Crippen molar-refractivity contribution in [1.29, 1.82) is 0 Å². The number of likely N-dealkylation sites (N-methyl/N-ethyl adjacent to an activating group) is 1. The lowest BCUT2D eigenvalue weighted by Gasteiger charge is -2.31. The molecule has 28 heavy (non-hydrogen) atoms. The number of nitrogens with two attached hydrogens (primary N) is 2. The lowest BCUT2D eigenvalue weighted by molar-refractivity contribution is 0.100. The molecular formula is C18H28N6O3S. The molecule has 3 rings (SSSR count). The zero-order chi connectivity index (χ0) is 20.3. The second-order valence-corrected chi connectivity index (χ2v) is 7.73. The molecule has 0 aromatic carbocycles. The highest BCUT2D eigenvalue weighted by Crippen LogP contribution is 2.39. The highest BCUT2D eigenvalue weighted by Gasteiger charge is 2.26. The van der Waals surface area contributed by atoms with Gasteiger partial charge in [-0.2, -0.15) is 4.98 Å². The van der Waals surface area contributed by atoms with Gasteiger partial charge in [-0.25, -0.2) is 4.98 Å². The summed E-state index contributed by atoms with van der Waals surface area (Å²) in [7, 11) is 0. The van der Waals surface area contributed by atoms with Crippen molar-refractivity contribution in [3.63, 3.8) is 0 Å². The first kappa shape index (κ1) is 20.6. The number of rotatable bonds is 8. The van der Waals surface area contributed by atoms with E-state index in [1.54, 1.807) is 0 Å². The van der Waals surface area contributed by atoms with Gasteiger partial charge in [0.15, 0.2) is 0 Å². The summed E-state index contributed by atoms with van der Waals surface area (Å²) in [5, 5.41) is 10.5. The number of hydrogen-bond donors (Lipinski definition) is 3. The van der Waals surface area contributed by atoms with Crippen LogP contribution in [0, 0.1) is 0 Å². The van der Waals surface area contributed by atoms with Crippen molar-refractivity contribution in [1.82, 2.24) is 9.97 Å². The summed E-state index contributed by atoms with van der Waals surface area (Å²) in [6.07, 6.45) is 1.08. The molecular weight excluding hydrogens is 380 g/mol. The zero-order valence-electron chi connectivity index (χ0n) is 16.3. The van der Waals surface area contributed by atoms with Crippen molar-refractivity contribution in [3.05, 3.63) is 4.88 Å². The van der Waals surface area contributed by atoms with E-state index in [0.717, 1.165) is 0 Å². The molecule has 0 atom stereocenters. The third-order valence-electron chi connectivity index (χ3n) is 4.92. The average molecular weight is 409 g/mol. The van der Waals surface area contributed by atoms with E-state index in [1.165, 1.54) is 11.3 Å². The number of aliphatic hydroxyl groups excluding tert-OH is 1. The summed E-state index contributed by atoms with van der Waals surface area (Å²) in [5.74, 6) is 0.711. The van der Waals surface area contributed by atoms with Crippen molar-refractivity contribution in [2.24, 2.45) is 5.73 Å². The minimum absolute atomic E-state index is 0.281. The topological polar surface area (TPSA) is 131 Å². The summed E-state index contributed by atoms with van der Waals surface area (Å²) >= 11 is 1.20. The van der Waals surface area contributed by atoms with E-state index in [2.05, 4.69) is 14.8 Å². The zero-order valence-corrected chi connectivity index (χ0v) is 17.2. The van der Waals surface area contributed by atoms with E-state index in [9.17, 15) is 9.90 Å². The predicted molar refractivity (Wildman–Crippen MR) is 112 cm³/mol. The summed E-state index contributed by atoms with van der Waals surface area (Å²) in [6, 6.07) is 0. The Morgan fingerprint density at radius 3 is 2.68 bits per heavy atom. The fraction of sp³-hybridized carbons (Fsp3) is 0.611. The van der Waals surface area contributed by atoms with Gasteiger partial charge in [-0.05, 0) is 26.7 Å². The van der Waals surface area contributed by atoms with Crippen LogP contribution in [0.15, 0.2) is 0 Å². The minimum Gasteiger partial charge on any atom is -0.397 e. The summed E-state index contributed by atoms with van der Waals surface area (Å²) in [6.45, 7) is 7.92. The van der Waals surface area contributed by atoms with Gasteiger partial charge in [-0.1, -0.05) is 0 Å². The highest BCUT2D eigenvalue weighted by atomic mass is 32.1. The number of aliphatic hydroxyl groups is 1. The van der Waals surface area contributed by atoms with Crippen molar-refractivity contribution < 1.29 is 14.6 Å². The number of fused-ring (bicyclic) bond motifs is 1. The smallest absolute Gasteiger partial charge is 0.260 e. The number of amides is 1. The molecule has 0 saturated carbocycles. The first-order chi connectivity index (χ1) is 13.5. The Hall–Kier alpha value is -2.17. The highest BCUT2D eigenvalue weighted by molar-refractivity contribution is 7.21. The second-order valence-electron chi connectivity index (χ2n) is 6.73. The Bertz CT molecular complexity index is 834. The normalized spacial score (nSPS) is 15.3. The van der Waals surface area contributed by atoms with Crippen LogP contribution >= 0.6 is 11.3 Å². The number of nitrogens with zero attached hydrogens (tertiary/aromatic N) is 4. The van der Waals surface area contributed by atoms with E-state index >= 15 is 0 Å². The summed E-state index contributed by atoms with van der Waals surface area (Å²) in [4.78, 5) is 26.4. The number of aromatic nitrogens is 2. The SMILES string of the molecule is CCOCCN(CC)c1nc(N2CCC(O)CC2)nc2sc(C(N)=O)c(N)c12. The fourth-order valence-electron chi connectivity index (χ4n) is 3.34. The number of ether oxygens (including phenoxy) is 1. The molecule has 3 heterocycles. The molecule has 0 radical (unpaired) electrons. The van der Waals surface area contributed by atoms with Crippen LogP contribution < -0.4 is 21.3 Å². The minimum atomic E-state index is -0.563. The number of piperidine rings is 1. The number of anilines is 3. The van der Waals surface area contributed by atoms with Crippen LogP contribution in [0.5, 0.6) is 0 Å². The third kappa shape index (κ3) is 4.13. The molecule has 2 aromatic heterocycles. The maximum atomic E-state index is 11.8. The van der Waals surface area contributed by atoms with Crippen LogP contribution in [0.25, 0.3) is 10.2 Å². The van der Waals surface area contributed by atoms with Gasteiger partial charge in [0.1, 0.15) is 15.5 Å². The van der Waals surface area contributed by atoms with Gasteiger partial charge >= 0.3 is 0 Å². The molecule has 5 N–H and O–H groups in total. The second kappa shape index (κ2) is 8.89. The quantitative estimate of drug-likeness (QED) is 0.555. The maximum Gasteiger partial charge on any atom is 0.260 e. The van der Waals surface area contributed by atoms with Crippen molar-refractivity contribution in [3.8, 4) is 0 Å². The van der Waals surface area contributed by atoms with Crippen LogP contribution in [-0.4, -0.2) is 66.5 Å². The van der Waals surface area contributed by atoms with E-state index in [-0.39, 0.29) is 6.10 Å². The van der Waals surface area contributed by atoms with Crippen LogP contribution in [0.2, 0.25) is 0 Å². The average Bonchev–Trinajstić information content (AvgIpc) is 3.02. The summed E-state index contributed by atoms with van der Waals surface area (Å²) < 4.78 is 5.51. The van der Waals surface area contributed by atoms with E-state index in [0.29, 0.717) is 84.8 Å². The van der Waals surface area contributed by atoms with Crippen molar-refractivity contribution >= 4 is 44.9 Å². The molecule has 1 amide bonds. The molecule has 2 aromatic rings. The largest absolute Gasteiger partial charge is 0.397 e. The molecule has 0 aliphatic carbocycles. The van der Waals surface area contributed by atoms with Crippen LogP contribution in [0.4, 0.5) is 17.5 Å². The first-order valence-corrected chi connectivity index (χ1v) is 10.4. The molecule has 1 saturated heterocycles. The molecule has 10 heteroatoms. The van der Waals surface area contributed by atoms with Gasteiger partial charge in [0.05, 0.1) is 23.8 Å². The molecule has 1 aliphatic rings. The Labute approximate surface area is 168 Å². The van der Waals surface area contributed by atoms with Crippen molar-refractivity contribution in [2.75, 3.05) is 54.9 Å². The lowest BCUT2D eigenvalue weighted by atomic mass is 10.1. The van der Waals surface area contributed by atoms with Gasteiger partial charge in [0, 0.05) is 32.8 Å². The molecule has 1 aliphatic heterocycles. The monoisotopic (exact) mass is 408 g/mol. The van der Waals surface area contributed by atoms with E-state index in [1.807, 2.05) is 13.8 Å². The number of thiophene rings is 1. The number of primary amides is 1. The standard InChI is InChI=1S/C18H28N6O3S/c1-3-23(9-10-27-4-2)16-12-13(19)14(15(20)26)28-17(12)22-18(21-16)24-7-5-11(25)6-8-24/h11,25H,3-10,19H2,1-2H3,(H2,20,26). The Balaban J connectivity index is 2.07. The molecule has 0 unspecified atom stereocenters. The first-order valence-electron chi connectivity index (χ1n) is 9.61. The Kier molecular flexibility index (Phi) is 6.53. The molecule has 154 valence electrons. The maximum absolute atomic E-state index is 11.8. The van der Waals surface area contributed by atoms with E-state index < -0.39 is 5.91 Å². The van der Waals surface area contributed by atoms with Crippen LogP contribution in [0.1, 0.15) is 36.4 Å². The number of carbonyl (C=O) groups excluding carboxylic acids is 1. The summed E-state index contributed by atoms with van der Waals surface area (Å²) in [5.41, 5.74) is 12.1. The molecule has 0 spiro atoms. The van der Waals surface area contributed by atoms with Gasteiger partial charge in [0.2, 0.25) is 5.95 Å². The number of nitrogen functional groups attached to an aromatic ring is 1. The van der Waals surface area contributed by atoms with Gasteiger partial charge in [-0.3, -0.25) is 4.79 Å². The van der Waals surface area contributed by atoms with Crippen molar-refractivity contribution in [2.45, 2.75) is 32.8 Å². The molecule has 1 fully saturated rings. The van der Waals surface area contributed by atoms with Crippen LogP contribution in [0.3, 0.4) is 0 Å². The van der Waals surface area contributed by atoms with Gasteiger partial charge < -0.3 is 31.1 Å². The lowest BCUT2D eigenvalue weighted by Crippen LogP contribution is -2.37. The van der Waals surface area contributed by atoms with Crippen LogP contribution in [-0.2, 0) is 4.74 Å².